The number of hydrogen-bond acceptors (Lipinski definition) is 4. The number of fused-ring (bicyclic) bond motifs is 1. The predicted octanol–water partition coefficient (Wildman–Crippen LogP) is 4.27. The number of nitrogens with one attached hydrogen (secondary N) is 1. The van der Waals surface area contributed by atoms with Crippen LogP contribution in [0.1, 0.15) is 19.5 Å². The van der Waals surface area contributed by atoms with Gasteiger partial charge in [-0.2, -0.15) is 18.2 Å². The van der Waals surface area contributed by atoms with Crippen LogP contribution in [0.5, 0.6) is 0 Å². The van der Waals surface area contributed by atoms with E-state index in [0.29, 0.717) is 0 Å². The summed E-state index contributed by atoms with van der Waals surface area (Å²) in [5.41, 5.74) is -1.84. The molecule has 0 aliphatic heterocycles. The van der Waals surface area contributed by atoms with Gasteiger partial charge in [-0.15, -0.1) is 0 Å². The zero-order valence-corrected chi connectivity index (χ0v) is 14.6. The van der Waals surface area contributed by atoms with Gasteiger partial charge in [0, 0.05) is 6.04 Å². The summed E-state index contributed by atoms with van der Waals surface area (Å²) in [5, 5.41) is 3.44. The van der Waals surface area contributed by atoms with E-state index in [0.717, 1.165) is 10.6 Å². The highest BCUT2D eigenvalue weighted by atomic mass is 35.5. The molecule has 0 atom stereocenters. The molecular weight excluding hydrogens is 369 g/mol. The Morgan fingerprint density at radius 2 is 1.81 bits per heavy atom. The Bertz CT molecular complexity index is 1030. The second kappa shape index (κ2) is 6.60. The van der Waals surface area contributed by atoms with Crippen LogP contribution < -0.4 is 11.0 Å². The van der Waals surface area contributed by atoms with Crippen LogP contribution >= 0.6 is 11.6 Å². The lowest BCUT2D eigenvalue weighted by atomic mass is 10.2. The van der Waals surface area contributed by atoms with Crippen molar-refractivity contribution >= 4 is 28.5 Å². The molecule has 3 aromatic rings. The van der Waals surface area contributed by atoms with Crippen LogP contribution in [0.3, 0.4) is 0 Å². The Morgan fingerprint density at radius 1 is 1.12 bits per heavy atom. The van der Waals surface area contributed by atoms with Crippen molar-refractivity contribution < 1.29 is 13.2 Å². The minimum atomic E-state index is -4.65. The average molecular weight is 383 g/mol. The number of alkyl halides is 3. The molecule has 0 aliphatic carbocycles. The quantitative estimate of drug-likeness (QED) is 0.734. The van der Waals surface area contributed by atoms with Gasteiger partial charge in [-0.25, -0.2) is 14.3 Å². The van der Waals surface area contributed by atoms with Crippen molar-refractivity contribution in [1.82, 2.24) is 14.5 Å². The van der Waals surface area contributed by atoms with E-state index in [2.05, 4.69) is 15.3 Å². The summed E-state index contributed by atoms with van der Waals surface area (Å²) < 4.78 is 40.4. The molecule has 0 saturated carbocycles. The van der Waals surface area contributed by atoms with Gasteiger partial charge >= 0.3 is 11.9 Å². The second-order valence-electron chi connectivity index (χ2n) is 5.89. The lowest BCUT2D eigenvalue weighted by Gasteiger charge is -2.16. The first kappa shape index (κ1) is 18.2. The Kier molecular flexibility index (Phi) is 4.62. The largest absolute Gasteiger partial charge is 0.433 e. The molecule has 0 unspecified atom stereocenters. The topological polar surface area (TPSA) is 59.8 Å². The Morgan fingerprint density at radius 3 is 2.42 bits per heavy atom. The van der Waals surface area contributed by atoms with Crippen molar-refractivity contribution in [1.29, 1.82) is 0 Å². The average Bonchev–Trinajstić information content (AvgIpc) is 2.54. The van der Waals surface area contributed by atoms with E-state index >= 15 is 0 Å². The molecule has 2 aromatic heterocycles. The number of anilines is 1. The number of nitrogens with zero attached hydrogens (tertiary/aromatic N) is 3. The van der Waals surface area contributed by atoms with E-state index < -0.39 is 17.6 Å². The lowest BCUT2D eigenvalue weighted by Crippen LogP contribution is -2.26. The van der Waals surface area contributed by atoms with Gasteiger partial charge in [0.1, 0.15) is 11.5 Å². The van der Waals surface area contributed by atoms with Crippen molar-refractivity contribution in [3.63, 3.8) is 0 Å². The fourth-order valence-electron chi connectivity index (χ4n) is 2.49. The Hall–Kier alpha value is -2.61. The first-order chi connectivity index (χ1) is 12.2. The van der Waals surface area contributed by atoms with Crippen LogP contribution in [0.25, 0.3) is 16.7 Å². The minimum Gasteiger partial charge on any atom is -0.367 e. The third-order valence-electron chi connectivity index (χ3n) is 3.55. The number of pyridine rings is 1. The molecule has 2 heterocycles. The number of aromatic nitrogens is 3. The van der Waals surface area contributed by atoms with Gasteiger partial charge in [0.2, 0.25) is 0 Å². The fourth-order valence-corrected chi connectivity index (χ4v) is 2.71. The predicted molar refractivity (Wildman–Crippen MR) is 93.9 cm³/mol. The van der Waals surface area contributed by atoms with Gasteiger partial charge in [-0.1, -0.05) is 23.7 Å². The van der Waals surface area contributed by atoms with Gasteiger partial charge in [-0.3, -0.25) is 0 Å². The highest BCUT2D eigenvalue weighted by molar-refractivity contribution is 6.32. The third-order valence-corrected chi connectivity index (χ3v) is 3.87. The molecule has 0 spiro atoms. The van der Waals surface area contributed by atoms with Crippen molar-refractivity contribution in [3.8, 4) is 5.69 Å². The zero-order chi connectivity index (χ0) is 19.1. The molecule has 9 heteroatoms. The summed E-state index contributed by atoms with van der Waals surface area (Å²) >= 11 is 6.13. The number of rotatable bonds is 3. The van der Waals surface area contributed by atoms with Gasteiger partial charge in [0.05, 0.1) is 16.1 Å². The van der Waals surface area contributed by atoms with Gasteiger partial charge in [0.25, 0.3) is 0 Å². The Balaban J connectivity index is 2.42. The molecule has 0 saturated heterocycles. The highest BCUT2D eigenvalue weighted by Crippen LogP contribution is 2.31. The molecule has 0 fully saturated rings. The van der Waals surface area contributed by atoms with E-state index in [1.54, 1.807) is 12.1 Å². The summed E-state index contributed by atoms with van der Waals surface area (Å²) in [5.74, 6) is 0.171. The van der Waals surface area contributed by atoms with Crippen molar-refractivity contribution in [2.45, 2.75) is 26.1 Å². The lowest BCUT2D eigenvalue weighted by molar-refractivity contribution is -0.141. The van der Waals surface area contributed by atoms with Crippen LogP contribution in [0, 0.1) is 0 Å². The number of halogens is 4. The van der Waals surface area contributed by atoms with Crippen molar-refractivity contribution in [3.05, 3.63) is 57.6 Å². The molecular formula is C17H14ClF3N4O. The first-order valence-electron chi connectivity index (χ1n) is 7.71. The van der Waals surface area contributed by atoms with E-state index in [1.165, 1.54) is 18.2 Å². The molecule has 26 heavy (non-hydrogen) atoms. The minimum absolute atomic E-state index is 0.0800. The summed E-state index contributed by atoms with van der Waals surface area (Å²) in [6.45, 7) is 3.65. The summed E-state index contributed by atoms with van der Waals surface area (Å²) in [7, 11) is 0. The normalized spacial score (nSPS) is 12.0. The van der Waals surface area contributed by atoms with Crippen LogP contribution in [0.4, 0.5) is 19.0 Å². The molecule has 1 N–H and O–H groups in total. The maximum absolute atomic E-state index is 13.1. The van der Waals surface area contributed by atoms with Crippen molar-refractivity contribution in [2.24, 2.45) is 0 Å². The fraction of sp³-hybridized carbons (Fsp3) is 0.235. The van der Waals surface area contributed by atoms with Crippen LogP contribution in [-0.2, 0) is 6.18 Å². The highest BCUT2D eigenvalue weighted by Gasteiger charge is 2.33. The smallest absolute Gasteiger partial charge is 0.367 e. The SMILES string of the molecule is CC(C)Nc1nc(=O)n(-c2ccccc2Cl)c2nc(C(F)(F)F)ccc12. The van der Waals surface area contributed by atoms with Crippen LogP contribution in [-0.4, -0.2) is 20.6 Å². The van der Waals surface area contributed by atoms with Crippen LogP contribution in [0.15, 0.2) is 41.2 Å². The molecule has 0 amide bonds. The third kappa shape index (κ3) is 3.37. The number of para-hydroxylation sites is 1. The van der Waals surface area contributed by atoms with E-state index in [1.807, 2.05) is 13.8 Å². The maximum atomic E-state index is 13.1. The van der Waals surface area contributed by atoms with E-state index in [9.17, 15) is 18.0 Å². The summed E-state index contributed by atoms with van der Waals surface area (Å²) in [4.78, 5) is 20.2. The summed E-state index contributed by atoms with van der Waals surface area (Å²) in [6.07, 6.45) is -4.65. The Labute approximate surface area is 151 Å². The molecule has 136 valence electrons. The van der Waals surface area contributed by atoms with E-state index in [4.69, 9.17) is 11.6 Å². The van der Waals surface area contributed by atoms with Gasteiger partial charge < -0.3 is 5.32 Å². The molecule has 1 aromatic carbocycles. The second-order valence-corrected chi connectivity index (χ2v) is 6.30. The van der Waals surface area contributed by atoms with E-state index in [-0.39, 0.29) is 33.6 Å². The molecule has 0 radical (unpaired) electrons. The standard InChI is InChI=1S/C17H14ClF3N4O/c1-9(2)22-14-10-7-8-13(17(19,20)21)23-15(10)25(16(26)24-14)12-6-4-3-5-11(12)18/h3-9H,1-2H3,(H,22,24,26). The van der Waals surface area contributed by atoms with Gasteiger partial charge in [0.15, 0.2) is 5.65 Å². The molecule has 3 rings (SSSR count). The van der Waals surface area contributed by atoms with Crippen LogP contribution in [0.2, 0.25) is 5.02 Å². The number of benzene rings is 1. The molecule has 0 bridgehead atoms. The van der Waals surface area contributed by atoms with Crippen molar-refractivity contribution in [2.75, 3.05) is 5.32 Å². The molecule has 5 nitrogen and oxygen atoms in total. The van der Waals surface area contributed by atoms with Gasteiger partial charge in [-0.05, 0) is 38.1 Å². The number of hydrogen-bond donors (Lipinski definition) is 1. The zero-order valence-electron chi connectivity index (χ0n) is 13.8. The monoisotopic (exact) mass is 382 g/mol. The molecule has 0 aliphatic rings. The maximum Gasteiger partial charge on any atom is 0.433 e. The summed E-state index contributed by atoms with van der Waals surface area (Å²) in [6, 6.07) is 8.34. The first-order valence-corrected chi connectivity index (χ1v) is 8.08.